The molecule has 1 unspecified atom stereocenters. The summed E-state index contributed by atoms with van der Waals surface area (Å²) in [5, 5.41) is 0. The van der Waals surface area contributed by atoms with Gasteiger partial charge in [0.05, 0.1) is 0 Å². The summed E-state index contributed by atoms with van der Waals surface area (Å²) in [5.74, 6) is 0.768. The van der Waals surface area contributed by atoms with Crippen LogP contribution in [0.1, 0.15) is 17.5 Å². The van der Waals surface area contributed by atoms with Gasteiger partial charge in [0.1, 0.15) is 0 Å². The first kappa shape index (κ1) is 21.8. The van der Waals surface area contributed by atoms with Crippen molar-refractivity contribution >= 4 is 30.5 Å². The molecule has 25 heavy (non-hydrogen) atoms. The van der Waals surface area contributed by atoms with Crippen LogP contribution in [0.3, 0.4) is 0 Å². The molecule has 1 aliphatic heterocycles. The lowest BCUT2D eigenvalue weighted by molar-refractivity contribution is 0.255. The fraction of sp³-hybridized carbons (Fsp3) is 0.400. The molecule has 0 bridgehead atoms. The topological polar surface area (TPSA) is 32.5 Å². The number of nitrogens with zero attached hydrogens (tertiary/aromatic N) is 2. The van der Waals surface area contributed by atoms with Crippen molar-refractivity contribution in [2.45, 2.75) is 19.5 Å². The van der Waals surface area contributed by atoms with E-state index in [0.717, 1.165) is 31.2 Å². The van der Waals surface area contributed by atoms with Gasteiger partial charge in [-0.15, -0.1) is 24.8 Å². The second-order valence-electron chi connectivity index (χ2n) is 6.82. The Kier molecular flexibility index (Phi) is 9.30. The van der Waals surface area contributed by atoms with Gasteiger partial charge < -0.3 is 10.6 Å². The van der Waals surface area contributed by atoms with Crippen molar-refractivity contribution < 1.29 is 0 Å². The molecule has 1 aliphatic rings. The predicted octanol–water partition coefficient (Wildman–Crippen LogP) is 4.07. The normalized spacial score (nSPS) is 17.1. The lowest BCUT2D eigenvalue weighted by Gasteiger charge is -2.22. The summed E-state index contributed by atoms with van der Waals surface area (Å²) in [6, 6.07) is 19.0. The molecule has 138 valence electrons. The minimum Gasteiger partial charge on any atom is -0.399 e. The lowest BCUT2D eigenvalue weighted by Crippen LogP contribution is -2.28. The number of nitrogens with two attached hydrogens (primary N) is 1. The smallest absolute Gasteiger partial charge is 0.0317 e. The summed E-state index contributed by atoms with van der Waals surface area (Å²) in [5.41, 5.74) is 9.43. The summed E-state index contributed by atoms with van der Waals surface area (Å²) >= 11 is 0. The zero-order valence-corrected chi connectivity index (χ0v) is 16.4. The quantitative estimate of drug-likeness (QED) is 0.765. The second-order valence-corrected chi connectivity index (χ2v) is 6.82. The van der Waals surface area contributed by atoms with E-state index in [4.69, 9.17) is 5.73 Å². The zero-order chi connectivity index (χ0) is 16.1. The van der Waals surface area contributed by atoms with Gasteiger partial charge in [-0.2, -0.15) is 0 Å². The highest BCUT2D eigenvalue weighted by atomic mass is 35.5. The van der Waals surface area contributed by atoms with E-state index in [0.29, 0.717) is 0 Å². The van der Waals surface area contributed by atoms with Crippen molar-refractivity contribution in [2.24, 2.45) is 5.92 Å². The maximum Gasteiger partial charge on any atom is 0.0317 e. The molecule has 5 heteroatoms. The first-order valence-electron chi connectivity index (χ1n) is 8.48. The third-order valence-electron chi connectivity index (χ3n) is 4.59. The number of hydrogen-bond acceptors (Lipinski definition) is 3. The van der Waals surface area contributed by atoms with E-state index in [1.54, 1.807) is 0 Å². The van der Waals surface area contributed by atoms with E-state index >= 15 is 0 Å². The van der Waals surface area contributed by atoms with E-state index in [1.807, 2.05) is 12.1 Å². The molecule has 0 aliphatic carbocycles. The maximum absolute atomic E-state index is 5.86. The Labute approximate surface area is 164 Å². The third-order valence-corrected chi connectivity index (χ3v) is 4.59. The first-order valence-corrected chi connectivity index (χ1v) is 8.48. The maximum atomic E-state index is 5.86. The van der Waals surface area contributed by atoms with Crippen LogP contribution in [-0.2, 0) is 13.1 Å². The van der Waals surface area contributed by atoms with E-state index in [-0.39, 0.29) is 24.8 Å². The summed E-state index contributed by atoms with van der Waals surface area (Å²) < 4.78 is 0. The van der Waals surface area contributed by atoms with Crippen molar-refractivity contribution in [3.8, 4) is 0 Å². The largest absolute Gasteiger partial charge is 0.399 e. The molecule has 2 N–H and O–H groups in total. The molecule has 0 aromatic heterocycles. The number of likely N-dealkylation sites (tertiary alicyclic amines) is 1. The van der Waals surface area contributed by atoms with E-state index in [1.165, 1.54) is 30.6 Å². The number of halogens is 2. The van der Waals surface area contributed by atoms with Crippen molar-refractivity contribution in [1.29, 1.82) is 0 Å². The van der Waals surface area contributed by atoms with Gasteiger partial charge in [0.15, 0.2) is 0 Å². The molecular weight excluding hydrogens is 353 g/mol. The fourth-order valence-corrected chi connectivity index (χ4v) is 3.56. The van der Waals surface area contributed by atoms with E-state index in [9.17, 15) is 0 Å². The van der Waals surface area contributed by atoms with Crippen molar-refractivity contribution in [3.63, 3.8) is 0 Å². The van der Waals surface area contributed by atoms with Gasteiger partial charge in [0.25, 0.3) is 0 Å². The van der Waals surface area contributed by atoms with Crippen molar-refractivity contribution in [3.05, 3.63) is 65.7 Å². The zero-order valence-electron chi connectivity index (χ0n) is 14.8. The minimum atomic E-state index is 0. The Morgan fingerprint density at radius 1 is 1.04 bits per heavy atom. The number of hydrogen-bond donors (Lipinski definition) is 1. The molecule has 0 spiro atoms. The van der Waals surface area contributed by atoms with Crippen LogP contribution in [-0.4, -0.2) is 36.5 Å². The van der Waals surface area contributed by atoms with Gasteiger partial charge in [-0.05, 0) is 49.2 Å². The van der Waals surface area contributed by atoms with Crippen molar-refractivity contribution in [2.75, 3.05) is 32.4 Å². The molecule has 3 rings (SSSR count). The molecule has 2 aromatic rings. The van der Waals surface area contributed by atoms with Crippen LogP contribution in [0.2, 0.25) is 0 Å². The van der Waals surface area contributed by atoms with Crippen LogP contribution in [0.25, 0.3) is 0 Å². The standard InChI is InChI=1S/C20H27N3.2ClH/c1-22(13-18-8-5-9-20(21)12-18)14-19-10-11-23(16-19)15-17-6-3-2-4-7-17;;/h2-9,12,19H,10-11,13-16,21H2,1H3;2*1H. The van der Waals surface area contributed by atoms with Crippen molar-refractivity contribution in [1.82, 2.24) is 9.80 Å². The van der Waals surface area contributed by atoms with Gasteiger partial charge in [0, 0.05) is 31.9 Å². The lowest BCUT2D eigenvalue weighted by atomic mass is 10.1. The Bertz CT molecular complexity index is 621. The second kappa shape index (κ2) is 10.7. The molecule has 0 radical (unpaired) electrons. The van der Waals surface area contributed by atoms with Crippen LogP contribution in [0.5, 0.6) is 0 Å². The monoisotopic (exact) mass is 381 g/mol. The van der Waals surface area contributed by atoms with Crippen LogP contribution < -0.4 is 5.73 Å². The summed E-state index contributed by atoms with van der Waals surface area (Å²) in [4.78, 5) is 5.00. The third kappa shape index (κ3) is 6.87. The fourth-order valence-electron chi connectivity index (χ4n) is 3.56. The van der Waals surface area contributed by atoms with Gasteiger partial charge in [-0.3, -0.25) is 4.90 Å². The van der Waals surface area contributed by atoms with Crippen LogP contribution >= 0.6 is 24.8 Å². The molecule has 3 nitrogen and oxygen atoms in total. The highest BCUT2D eigenvalue weighted by Gasteiger charge is 2.23. The molecule has 1 fully saturated rings. The molecule has 1 atom stereocenters. The predicted molar refractivity (Wildman–Crippen MR) is 112 cm³/mol. The summed E-state index contributed by atoms with van der Waals surface area (Å²) in [6.45, 7) is 5.62. The van der Waals surface area contributed by atoms with E-state index < -0.39 is 0 Å². The summed E-state index contributed by atoms with van der Waals surface area (Å²) in [7, 11) is 2.21. The molecule has 0 amide bonds. The Hall–Kier alpha value is -1.26. The van der Waals surface area contributed by atoms with Gasteiger partial charge in [0.2, 0.25) is 0 Å². The number of rotatable bonds is 6. The highest BCUT2D eigenvalue weighted by Crippen LogP contribution is 2.20. The number of anilines is 1. The van der Waals surface area contributed by atoms with Crippen LogP contribution in [0.15, 0.2) is 54.6 Å². The molecule has 2 aromatic carbocycles. The van der Waals surface area contributed by atoms with Gasteiger partial charge in [-0.1, -0.05) is 42.5 Å². The highest BCUT2D eigenvalue weighted by molar-refractivity contribution is 5.85. The van der Waals surface area contributed by atoms with Gasteiger partial charge >= 0.3 is 0 Å². The van der Waals surface area contributed by atoms with E-state index in [2.05, 4.69) is 59.3 Å². The Balaban J connectivity index is 0.00000156. The van der Waals surface area contributed by atoms with Crippen LogP contribution in [0.4, 0.5) is 5.69 Å². The molecule has 0 saturated carbocycles. The molecule has 1 heterocycles. The Morgan fingerprint density at radius 3 is 2.48 bits per heavy atom. The number of nitrogen functional groups attached to an aromatic ring is 1. The van der Waals surface area contributed by atoms with Gasteiger partial charge in [-0.25, -0.2) is 0 Å². The molecule has 1 saturated heterocycles. The first-order chi connectivity index (χ1) is 11.2. The minimum absolute atomic E-state index is 0. The Morgan fingerprint density at radius 2 is 1.76 bits per heavy atom. The number of benzene rings is 2. The summed E-state index contributed by atoms with van der Waals surface area (Å²) in [6.07, 6.45) is 1.30. The SMILES string of the molecule is CN(Cc1cccc(N)c1)CC1CCN(Cc2ccccc2)C1.Cl.Cl. The molecular formula is C20H29Cl2N3. The average molecular weight is 382 g/mol. The van der Waals surface area contributed by atoms with Crippen LogP contribution in [0, 0.1) is 5.92 Å². The average Bonchev–Trinajstić information content (AvgIpc) is 2.95.